The van der Waals surface area contributed by atoms with Crippen LogP contribution in [0.4, 0.5) is 0 Å². The van der Waals surface area contributed by atoms with Gasteiger partial charge < -0.3 is 15.0 Å². The zero-order valence-corrected chi connectivity index (χ0v) is 13.6. The Bertz CT molecular complexity index is 476. The van der Waals surface area contributed by atoms with Crippen LogP contribution in [0.5, 0.6) is 0 Å². The lowest BCUT2D eigenvalue weighted by Gasteiger charge is -2.24. The van der Waals surface area contributed by atoms with Gasteiger partial charge in [-0.1, -0.05) is 6.92 Å². The third-order valence-electron chi connectivity index (χ3n) is 3.79. The first kappa shape index (κ1) is 15.8. The van der Waals surface area contributed by atoms with Crippen LogP contribution in [0.15, 0.2) is 17.4 Å². The maximum absolute atomic E-state index is 5.50. The van der Waals surface area contributed by atoms with E-state index in [1.54, 1.807) is 0 Å². The smallest absolute Gasteiger partial charge is 0.193 e. The van der Waals surface area contributed by atoms with Crippen LogP contribution in [0, 0.1) is 5.41 Å². The second kappa shape index (κ2) is 6.93. The monoisotopic (exact) mass is 293 g/mol. The average Bonchev–Trinajstić information content (AvgIpc) is 3.04. The van der Waals surface area contributed by atoms with Crippen molar-refractivity contribution in [2.45, 2.75) is 26.8 Å². The van der Waals surface area contributed by atoms with Crippen LogP contribution in [-0.2, 0) is 18.3 Å². The normalized spacial score (nSPS) is 22.6. The van der Waals surface area contributed by atoms with E-state index >= 15 is 0 Å². The standard InChI is InChI=1S/C15H27N5O/c1-5-16-14(17-11-15(2)6-7-21-12-15)19(3)9-13-8-18-20(4)10-13/h8,10H,5-7,9,11-12H2,1-4H3,(H,16,17). The lowest BCUT2D eigenvalue weighted by Crippen LogP contribution is -2.39. The number of nitrogens with one attached hydrogen (secondary N) is 1. The highest BCUT2D eigenvalue weighted by Crippen LogP contribution is 2.27. The Morgan fingerprint density at radius 1 is 1.62 bits per heavy atom. The molecule has 1 saturated heterocycles. The molecule has 21 heavy (non-hydrogen) atoms. The molecule has 0 amide bonds. The molecule has 1 N–H and O–H groups in total. The maximum atomic E-state index is 5.50. The first-order valence-electron chi connectivity index (χ1n) is 7.57. The van der Waals surface area contributed by atoms with Crippen molar-refractivity contribution in [1.82, 2.24) is 20.0 Å². The summed E-state index contributed by atoms with van der Waals surface area (Å²) in [6, 6.07) is 0. The molecule has 1 aliphatic heterocycles. The third-order valence-corrected chi connectivity index (χ3v) is 3.79. The lowest BCUT2D eigenvalue weighted by molar-refractivity contribution is 0.162. The number of hydrogen-bond acceptors (Lipinski definition) is 3. The number of rotatable bonds is 5. The van der Waals surface area contributed by atoms with Crippen molar-refractivity contribution < 1.29 is 4.74 Å². The van der Waals surface area contributed by atoms with Crippen molar-refractivity contribution in [3.63, 3.8) is 0 Å². The predicted octanol–water partition coefficient (Wildman–Crippen LogP) is 1.24. The maximum Gasteiger partial charge on any atom is 0.193 e. The Morgan fingerprint density at radius 3 is 3.00 bits per heavy atom. The number of aryl methyl sites for hydroxylation is 1. The molecule has 0 aliphatic carbocycles. The van der Waals surface area contributed by atoms with Crippen molar-refractivity contribution in [1.29, 1.82) is 0 Å². The van der Waals surface area contributed by atoms with E-state index in [4.69, 9.17) is 9.73 Å². The van der Waals surface area contributed by atoms with E-state index < -0.39 is 0 Å². The van der Waals surface area contributed by atoms with E-state index in [1.165, 1.54) is 5.56 Å². The minimum Gasteiger partial charge on any atom is -0.381 e. The van der Waals surface area contributed by atoms with E-state index in [1.807, 2.05) is 24.1 Å². The average molecular weight is 293 g/mol. The Hall–Kier alpha value is -1.56. The molecule has 2 heterocycles. The number of guanidine groups is 1. The lowest BCUT2D eigenvalue weighted by atomic mass is 9.90. The molecule has 6 nitrogen and oxygen atoms in total. The molecule has 0 saturated carbocycles. The van der Waals surface area contributed by atoms with Crippen LogP contribution in [-0.4, -0.2) is 54.0 Å². The summed E-state index contributed by atoms with van der Waals surface area (Å²) in [5, 5.41) is 7.57. The van der Waals surface area contributed by atoms with Gasteiger partial charge in [0.25, 0.3) is 0 Å². The van der Waals surface area contributed by atoms with Gasteiger partial charge in [-0.3, -0.25) is 9.67 Å². The quantitative estimate of drug-likeness (QED) is 0.655. The summed E-state index contributed by atoms with van der Waals surface area (Å²) in [5.41, 5.74) is 1.36. The summed E-state index contributed by atoms with van der Waals surface area (Å²) in [5.74, 6) is 0.939. The predicted molar refractivity (Wildman–Crippen MR) is 84.2 cm³/mol. The fourth-order valence-corrected chi connectivity index (χ4v) is 2.47. The molecule has 0 bridgehead atoms. The Balaban J connectivity index is 1.99. The van der Waals surface area contributed by atoms with Gasteiger partial charge in [0.15, 0.2) is 5.96 Å². The van der Waals surface area contributed by atoms with Crippen LogP contribution < -0.4 is 5.32 Å². The minimum atomic E-state index is 0.176. The third kappa shape index (κ3) is 4.46. The molecular formula is C15H27N5O. The Labute approximate surface area is 127 Å². The highest BCUT2D eigenvalue weighted by atomic mass is 16.5. The van der Waals surface area contributed by atoms with Gasteiger partial charge >= 0.3 is 0 Å². The molecule has 0 aromatic carbocycles. The summed E-state index contributed by atoms with van der Waals surface area (Å²) in [7, 11) is 3.99. The minimum absolute atomic E-state index is 0.176. The fourth-order valence-electron chi connectivity index (χ4n) is 2.47. The van der Waals surface area contributed by atoms with Gasteiger partial charge in [-0.05, 0) is 13.3 Å². The van der Waals surface area contributed by atoms with Crippen LogP contribution in [0.25, 0.3) is 0 Å². The van der Waals surface area contributed by atoms with Crippen molar-refractivity contribution in [3.05, 3.63) is 18.0 Å². The van der Waals surface area contributed by atoms with E-state index in [0.717, 1.165) is 45.2 Å². The SMILES string of the molecule is CCNC(=NCC1(C)CCOC1)N(C)Cc1cnn(C)c1. The van der Waals surface area contributed by atoms with Crippen molar-refractivity contribution in [2.75, 3.05) is 33.4 Å². The van der Waals surface area contributed by atoms with Crippen molar-refractivity contribution >= 4 is 5.96 Å². The van der Waals surface area contributed by atoms with Crippen molar-refractivity contribution in [3.8, 4) is 0 Å². The number of ether oxygens (including phenoxy) is 1. The van der Waals surface area contributed by atoms with Crippen LogP contribution >= 0.6 is 0 Å². The van der Waals surface area contributed by atoms with Gasteiger partial charge in [-0.15, -0.1) is 0 Å². The van der Waals surface area contributed by atoms with Gasteiger partial charge in [-0.25, -0.2) is 0 Å². The Morgan fingerprint density at radius 2 is 2.43 bits per heavy atom. The number of aliphatic imine (C=N–C) groups is 1. The molecule has 1 aliphatic rings. The van der Waals surface area contributed by atoms with Gasteiger partial charge in [0.1, 0.15) is 0 Å². The summed E-state index contributed by atoms with van der Waals surface area (Å²) in [4.78, 5) is 6.93. The van der Waals surface area contributed by atoms with Gasteiger partial charge in [0.05, 0.1) is 19.3 Å². The molecule has 0 spiro atoms. The molecule has 1 atom stereocenters. The van der Waals surface area contributed by atoms with Crippen LogP contribution in [0.2, 0.25) is 0 Å². The van der Waals surface area contributed by atoms with Gasteiger partial charge in [-0.2, -0.15) is 5.10 Å². The van der Waals surface area contributed by atoms with Crippen molar-refractivity contribution in [2.24, 2.45) is 17.5 Å². The molecule has 2 rings (SSSR count). The first-order valence-corrected chi connectivity index (χ1v) is 7.57. The molecule has 6 heteroatoms. The topological polar surface area (TPSA) is 54.7 Å². The van der Waals surface area contributed by atoms with Crippen LogP contribution in [0.3, 0.4) is 0 Å². The molecular weight excluding hydrogens is 266 g/mol. The fraction of sp³-hybridized carbons (Fsp3) is 0.733. The Kier molecular flexibility index (Phi) is 5.22. The molecule has 118 valence electrons. The van der Waals surface area contributed by atoms with E-state index in [9.17, 15) is 0 Å². The summed E-state index contributed by atoms with van der Waals surface area (Å²) in [6.07, 6.45) is 5.01. The molecule has 1 aromatic rings. The summed E-state index contributed by atoms with van der Waals surface area (Å²) in [6.45, 7) is 8.46. The number of aromatic nitrogens is 2. The molecule has 1 unspecified atom stereocenters. The van der Waals surface area contributed by atoms with E-state index in [2.05, 4.69) is 36.2 Å². The van der Waals surface area contributed by atoms with E-state index in [-0.39, 0.29) is 5.41 Å². The summed E-state index contributed by atoms with van der Waals surface area (Å²) >= 11 is 0. The molecule has 1 fully saturated rings. The second-order valence-corrected chi connectivity index (χ2v) is 6.16. The number of hydrogen-bond donors (Lipinski definition) is 1. The van der Waals surface area contributed by atoms with E-state index in [0.29, 0.717) is 0 Å². The zero-order valence-electron chi connectivity index (χ0n) is 13.6. The van der Waals surface area contributed by atoms with Gasteiger partial charge in [0.2, 0.25) is 0 Å². The highest BCUT2D eigenvalue weighted by molar-refractivity contribution is 5.79. The summed E-state index contributed by atoms with van der Waals surface area (Å²) < 4.78 is 7.32. The first-order chi connectivity index (χ1) is 10.0. The largest absolute Gasteiger partial charge is 0.381 e. The van der Waals surface area contributed by atoms with Crippen LogP contribution in [0.1, 0.15) is 25.8 Å². The highest BCUT2D eigenvalue weighted by Gasteiger charge is 2.29. The second-order valence-electron chi connectivity index (χ2n) is 6.16. The molecule has 0 radical (unpaired) electrons. The number of nitrogens with zero attached hydrogens (tertiary/aromatic N) is 4. The zero-order chi connectivity index (χ0) is 15.3. The molecule has 1 aromatic heterocycles. The van der Waals surface area contributed by atoms with Gasteiger partial charge in [0, 0.05) is 51.0 Å².